The molecule has 0 aliphatic carbocycles. The van der Waals surface area contributed by atoms with Crippen LogP contribution < -0.4 is 0 Å². The van der Waals surface area contributed by atoms with Gasteiger partial charge in [-0.2, -0.15) is 0 Å². The number of para-hydroxylation sites is 4. The summed E-state index contributed by atoms with van der Waals surface area (Å²) in [6.45, 7) is 0. The van der Waals surface area contributed by atoms with Crippen molar-refractivity contribution in [3.05, 3.63) is 216 Å². The minimum atomic E-state index is -0.602. The summed E-state index contributed by atoms with van der Waals surface area (Å²) in [5.74, 6) is 0.649. The molecular weight excluding hydrogens is 725 g/mol. The van der Waals surface area contributed by atoms with Gasteiger partial charge in [-0.1, -0.05) is 163 Å². The van der Waals surface area contributed by atoms with E-state index in [1.807, 2.05) is 11.8 Å². The van der Waals surface area contributed by atoms with E-state index in [0.717, 1.165) is 33.5 Å². The topological polar surface area (TPSA) is 35.6 Å². The molecule has 1 spiro atoms. The van der Waals surface area contributed by atoms with Crippen LogP contribution in [0, 0.1) is 0 Å². The molecule has 8 aromatic carbocycles. The fraction of sp³-hybridized carbons (Fsp3) is 0.0189. The molecule has 0 bridgehead atoms. The quantitative estimate of drug-likeness (QED) is 0.180. The van der Waals surface area contributed by atoms with Crippen molar-refractivity contribution in [2.45, 2.75) is 15.2 Å². The lowest BCUT2D eigenvalue weighted by molar-refractivity contribution is 0.690. The third-order valence-electron chi connectivity index (χ3n) is 12.4. The summed E-state index contributed by atoms with van der Waals surface area (Å²) in [6, 6.07) is 70.6. The summed E-state index contributed by atoms with van der Waals surface area (Å²) < 4.78 is 4.81. The van der Waals surface area contributed by atoms with E-state index in [9.17, 15) is 0 Å². The normalized spacial score (nSPS) is 15.2. The van der Waals surface area contributed by atoms with Crippen LogP contribution in [-0.4, -0.2) is 19.1 Å². The second kappa shape index (κ2) is 11.9. The van der Waals surface area contributed by atoms with Crippen LogP contribution in [0.3, 0.4) is 0 Å². The van der Waals surface area contributed by atoms with Crippen LogP contribution in [0.1, 0.15) is 22.3 Å². The van der Waals surface area contributed by atoms with Crippen LogP contribution in [0.2, 0.25) is 0 Å². The Kier molecular flexibility index (Phi) is 6.55. The highest BCUT2D eigenvalue weighted by molar-refractivity contribution is 7.99. The molecule has 1 unspecified atom stereocenters. The molecule has 5 heterocycles. The number of hydrogen-bond donors (Lipinski definition) is 0. The minimum Gasteiger partial charge on any atom is -0.309 e. The number of aromatic nitrogens is 4. The van der Waals surface area contributed by atoms with Crippen molar-refractivity contribution >= 4 is 55.4 Å². The summed E-state index contributed by atoms with van der Waals surface area (Å²) in [5, 5.41) is 4.90. The minimum absolute atomic E-state index is 0.602. The van der Waals surface area contributed by atoms with Crippen molar-refractivity contribution in [3.63, 3.8) is 0 Å². The van der Waals surface area contributed by atoms with Crippen LogP contribution in [0.15, 0.2) is 204 Å². The molecule has 0 saturated carbocycles. The molecule has 2 aliphatic rings. The SMILES string of the molecule is c1ccc(-c2cc(-c3ccccc3)nc(-n3c4ccccc4c4cc5c(cc43)C3(c4ccccc4S5)c4ccccc4-n4c5ccccc5c5cccc3c54)n2)cc1. The average molecular weight is 757 g/mol. The molecule has 3 aromatic heterocycles. The van der Waals surface area contributed by atoms with Crippen molar-refractivity contribution in [3.8, 4) is 34.2 Å². The van der Waals surface area contributed by atoms with Crippen LogP contribution in [-0.2, 0) is 5.41 Å². The first kappa shape index (κ1) is 31.9. The average Bonchev–Trinajstić information content (AvgIpc) is 3.81. The Morgan fingerprint density at radius 2 is 0.948 bits per heavy atom. The van der Waals surface area contributed by atoms with Gasteiger partial charge in [0.15, 0.2) is 0 Å². The van der Waals surface area contributed by atoms with Crippen LogP contribution in [0.4, 0.5) is 0 Å². The van der Waals surface area contributed by atoms with E-state index >= 15 is 0 Å². The lowest BCUT2D eigenvalue weighted by Crippen LogP contribution is -2.37. The summed E-state index contributed by atoms with van der Waals surface area (Å²) in [5.41, 5.74) is 14.3. The van der Waals surface area contributed by atoms with Crippen LogP contribution >= 0.6 is 11.8 Å². The molecule has 270 valence electrons. The molecular formula is C53H32N4S. The van der Waals surface area contributed by atoms with Crippen molar-refractivity contribution in [1.29, 1.82) is 0 Å². The Balaban J connectivity index is 1.18. The molecule has 11 aromatic rings. The van der Waals surface area contributed by atoms with E-state index in [0.29, 0.717) is 5.95 Å². The monoisotopic (exact) mass is 756 g/mol. The summed E-state index contributed by atoms with van der Waals surface area (Å²) in [6.07, 6.45) is 0. The number of fused-ring (bicyclic) bond motifs is 14. The molecule has 1 atom stereocenters. The first-order valence-electron chi connectivity index (χ1n) is 19.8. The van der Waals surface area contributed by atoms with Gasteiger partial charge < -0.3 is 4.57 Å². The Morgan fingerprint density at radius 3 is 1.69 bits per heavy atom. The lowest BCUT2D eigenvalue weighted by Gasteiger charge is -2.45. The van der Waals surface area contributed by atoms with Crippen molar-refractivity contribution in [2.75, 3.05) is 0 Å². The highest BCUT2D eigenvalue weighted by Gasteiger charge is 2.49. The Labute approximate surface area is 338 Å². The largest absolute Gasteiger partial charge is 0.309 e. The van der Waals surface area contributed by atoms with Gasteiger partial charge in [-0.05, 0) is 64.7 Å². The first-order valence-corrected chi connectivity index (χ1v) is 20.6. The Morgan fingerprint density at radius 1 is 0.379 bits per heavy atom. The molecule has 4 nitrogen and oxygen atoms in total. The van der Waals surface area contributed by atoms with Gasteiger partial charge >= 0.3 is 0 Å². The highest BCUT2D eigenvalue weighted by Crippen LogP contribution is 2.61. The molecule has 5 heteroatoms. The highest BCUT2D eigenvalue weighted by atomic mass is 32.2. The maximum atomic E-state index is 5.39. The van der Waals surface area contributed by atoms with Gasteiger partial charge in [0.25, 0.3) is 0 Å². The zero-order chi connectivity index (χ0) is 38.0. The summed E-state index contributed by atoms with van der Waals surface area (Å²) in [7, 11) is 0. The van der Waals surface area contributed by atoms with Gasteiger partial charge in [-0.25, -0.2) is 9.97 Å². The van der Waals surface area contributed by atoms with E-state index in [1.54, 1.807) is 0 Å². The van der Waals surface area contributed by atoms with Gasteiger partial charge in [0, 0.05) is 42.5 Å². The van der Waals surface area contributed by atoms with E-state index in [-0.39, 0.29) is 0 Å². The van der Waals surface area contributed by atoms with Crippen LogP contribution in [0.5, 0.6) is 0 Å². The third-order valence-corrected chi connectivity index (χ3v) is 13.5. The zero-order valence-corrected chi connectivity index (χ0v) is 32.0. The molecule has 0 radical (unpaired) electrons. The zero-order valence-electron chi connectivity index (χ0n) is 31.2. The van der Waals surface area contributed by atoms with E-state index in [1.165, 1.54) is 70.3 Å². The molecule has 0 fully saturated rings. The maximum Gasteiger partial charge on any atom is 0.235 e. The lowest BCUT2D eigenvalue weighted by atomic mass is 9.62. The summed E-state index contributed by atoms with van der Waals surface area (Å²) >= 11 is 1.88. The van der Waals surface area contributed by atoms with E-state index < -0.39 is 5.41 Å². The number of benzene rings is 8. The van der Waals surface area contributed by atoms with Gasteiger partial charge in [0.05, 0.1) is 44.6 Å². The van der Waals surface area contributed by atoms with E-state index in [4.69, 9.17) is 9.97 Å². The van der Waals surface area contributed by atoms with Gasteiger partial charge in [-0.15, -0.1) is 0 Å². The van der Waals surface area contributed by atoms with Crippen molar-refractivity contribution < 1.29 is 0 Å². The van der Waals surface area contributed by atoms with Crippen molar-refractivity contribution in [2.24, 2.45) is 0 Å². The molecule has 58 heavy (non-hydrogen) atoms. The molecule has 13 rings (SSSR count). The Bertz CT molecular complexity index is 3430. The predicted octanol–water partition coefficient (Wildman–Crippen LogP) is 13.2. The fourth-order valence-electron chi connectivity index (χ4n) is 10.0. The standard InChI is InChI=1S/C53H32N4S/c1-3-16-33(17-4-1)43-32-44(34-18-5-2-6-19-34)55-52(54-43)57-46-27-12-8-21-36(46)38-30-50-42(31-48(38)57)53(40-24-10-14-29-49(40)58-50)39-23-9-13-28-47(39)56-45-26-11-7-20-35(45)37-22-15-25-41(53)51(37)56/h1-32H. The molecule has 0 saturated heterocycles. The van der Waals surface area contributed by atoms with Gasteiger partial charge in [0.1, 0.15) is 0 Å². The smallest absolute Gasteiger partial charge is 0.235 e. The Hall–Kier alpha value is -7.21. The van der Waals surface area contributed by atoms with Crippen LogP contribution in [0.25, 0.3) is 77.8 Å². The molecule has 0 amide bonds. The maximum absolute atomic E-state index is 5.39. The first-order chi connectivity index (χ1) is 28.8. The second-order valence-electron chi connectivity index (χ2n) is 15.3. The number of rotatable bonds is 3. The van der Waals surface area contributed by atoms with Gasteiger partial charge in [0.2, 0.25) is 5.95 Å². The number of nitrogens with zero attached hydrogens (tertiary/aromatic N) is 4. The second-order valence-corrected chi connectivity index (χ2v) is 16.4. The third kappa shape index (κ3) is 4.20. The molecule has 0 N–H and O–H groups in total. The van der Waals surface area contributed by atoms with Crippen molar-refractivity contribution in [1.82, 2.24) is 19.1 Å². The number of hydrogen-bond acceptors (Lipinski definition) is 3. The van der Waals surface area contributed by atoms with Gasteiger partial charge in [-0.3, -0.25) is 4.57 Å². The molecule has 2 aliphatic heterocycles. The fourth-order valence-corrected chi connectivity index (χ4v) is 11.3. The predicted molar refractivity (Wildman–Crippen MR) is 238 cm³/mol. The summed E-state index contributed by atoms with van der Waals surface area (Å²) in [4.78, 5) is 13.3. The van der Waals surface area contributed by atoms with E-state index in [2.05, 4.69) is 203 Å².